The molecular formula is C10H14N2O2. The van der Waals surface area contributed by atoms with Gasteiger partial charge in [-0.25, -0.2) is 0 Å². The van der Waals surface area contributed by atoms with E-state index in [-0.39, 0.29) is 6.42 Å². The molecule has 0 unspecified atom stereocenters. The molecule has 1 rings (SSSR count). The molecule has 0 heterocycles. The van der Waals surface area contributed by atoms with Crippen molar-refractivity contribution in [3.8, 4) is 0 Å². The summed E-state index contributed by atoms with van der Waals surface area (Å²) < 4.78 is 0. The zero-order chi connectivity index (χ0) is 11.0. The van der Waals surface area contributed by atoms with Crippen LogP contribution in [0.4, 0.5) is 0 Å². The Hall–Kier alpha value is -1.84. The Labute approximate surface area is 82.9 Å². The molecule has 0 saturated heterocycles. The van der Waals surface area contributed by atoms with Gasteiger partial charge in [0.2, 0.25) is 11.8 Å². The maximum absolute atomic E-state index is 9.73. The minimum atomic E-state index is -0.687. The Morgan fingerprint density at radius 3 is 1.64 bits per heavy atom. The van der Waals surface area contributed by atoms with Crippen LogP contribution in [0, 0.1) is 6.92 Å². The van der Waals surface area contributed by atoms with Gasteiger partial charge in [-0.1, -0.05) is 35.9 Å². The summed E-state index contributed by atoms with van der Waals surface area (Å²) in [6.45, 7) is 2.08. The van der Waals surface area contributed by atoms with E-state index in [9.17, 15) is 9.59 Å². The van der Waals surface area contributed by atoms with Crippen LogP contribution in [0.25, 0.3) is 0 Å². The molecule has 0 fully saturated rings. The lowest BCUT2D eigenvalue weighted by molar-refractivity contribution is -0.125. The van der Waals surface area contributed by atoms with E-state index in [1.165, 1.54) is 5.56 Å². The van der Waals surface area contributed by atoms with Gasteiger partial charge in [-0.15, -0.1) is 0 Å². The van der Waals surface area contributed by atoms with Crippen molar-refractivity contribution >= 4 is 11.8 Å². The van der Waals surface area contributed by atoms with E-state index in [1.54, 1.807) is 0 Å². The van der Waals surface area contributed by atoms with Gasteiger partial charge in [-0.2, -0.15) is 0 Å². The van der Waals surface area contributed by atoms with Crippen molar-refractivity contribution in [2.24, 2.45) is 11.5 Å². The standard InChI is InChI=1S/C7H8.C3H6N2O2/c1-7-5-3-2-4-6-7;4-2(6)1-3(5)7/h2-6H,1H3;1H2,(H2,4,6)(H2,5,7). The molecular weight excluding hydrogens is 180 g/mol. The quantitative estimate of drug-likeness (QED) is 0.665. The number of rotatable bonds is 2. The van der Waals surface area contributed by atoms with Gasteiger partial charge in [-0.3, -0.25) is 9.59 Å². The van der Waals surface area contributed by atoms with Crippen molar-refractivity contribution in [2.75, 3.05) is 0 Å². The van der Waals surface area contributed by atoms with Gasteiger partial charge in [0.05, 0.1) is 0 Å². The Morgan fingerprint density at radius 2 is 1.50 bits per heavy atom. The van der Waals surface area contributed by atoms with Crippen molar-refractivity contribution in [2.45, 2.75) is 13.3 Å². The summed E-state index contributed by atoms with van der Waals surface area (Å²) in [5.74, 6) is -1.37. The van der Waals surface area contributed by atoms with Gasteiger partial charge < -0.3 is 11.5 Å². The molecule has 1 aromatic rings. The molecule has 0 radical (unpaired) electrons. The lowest BCUT2D eigenvalue weighted by atomic mass is 10.2. The molecule has 0 saturated carbocycles. The van der Waals surface area contributed by atoms with Gasteiger partial charge in [0.25, 0.3) is 0 Å². The van der Waals surface area contributed by atoms with Gasteiger partial charge in [0, 0.05) is 0 Å². The number of hydrogen-bond acceptors (Lipinski definition) is 2. The number of aryl methyl sites for hydroxylation is 1. The van der Waals surface area contributed by atoms with Crippen LogP contribution in [0.2, 0.25) is 0 Å². The third kappa shape index (κ3) is 8.26. The molecule has 0 aliphatic heterocycles. The lowest BCUT2D eigenvalue weighted by Gasteiger charge is -1.82. The lowest BCUT2D eigenvalue weighted by Crippen LogP contribution is -2.21. The maximum Gasteiger partial charge on any atom is 0.226 e. The van der Waals surface area contributed by atoms with E-state index < -0.39 is 11.8 Å². The van der Waals surface area contributed by atoms with Crippen LogP contribution in [0.15, 0.2) is 30.3 Å². The summed E-state index contributed by atoms with van der Waals surface area (Å²) in [6, 6.07) is 10.3. The zero-order valence-electron chi connectivity index (χ0n) is 8.07. The highest BCUT2D eigenvalue weighted by Gasteiger charge is 1.96. The molecule has 0 atom stereocenters. The van der Waals surface area contributed by atoms with Gasteiger partial charge in [0.1, 0.15) is 6.42 Å². The largest absolute Gasteiger partial charge is 0.369 e. The highest BCUT2D eigenvalue weighted by Crippen LogP contribution is 1.92. The topological polar surface area (TPSA) is 86.2 Å². The highest BCUT2D eigenvalue weighted by molar-refractivity contribution is 5.95. The number of primary amides is 2. The molecule has 4 N–H and O–H groups in total. The van der Waals surface area contributed by atoms with Crippen molar-refractivity contribution in [3.63, 3.8) is 0 Å². The number of nitrogens with two attached hydrogens (primary N) is 2. The second-order valence-corrected chi connectivity index (χ2v) is 2.76. The maximum atomic E-state index is 9.73. The predicted molar refractivity (Wildman–Crippen MR) is 54.2 cm³/mol. The Balaban J connectivity index is 0.000000241. The normalized spacial score (nSPS) is 8.36. The Kier molecular flexibility index (Phi) is 5.78. The van der Waals surface area contributed by atoms with E-state index in [0.717, 1.165) is 0 Å². The first kappa shape index (κ1) is 12.2. The minimum absolute atomic E-state index is 0.361. The highest BCUT2D eigenvalue weighted by atomic mass is 16.2. The van der Waals surface area contributed by atoms with E-state index in [1.807, 2.05) is 18.2 Å². The van der Waals surface area contributed by atoms with E-state index in [2.05, 4.69) is 30.5 Å². The molecule has 0 bridgehead atoms. The Bertz CT molecular complexity index is 284. The van der Waals surface area contributed by atoms with E-state index in [4.69, 9.17) is 0 Å². The molecule has 2 amide bonds. The summed E-state index contributed by atoms with van der Waals surface area (Å²) in [7, 11) is 0. The van der Waals surface area contributed by atoms with Crippen molar-refractivity contribution in [3.05, 3.63) is 35.9 Å². The van der Waals surface area contributed by atoms with E-state index in [0.29, 0.717) is 0 Å². The summed E-state index contributed by atoms with van der Waals surface area (Å²) in [5, 5.41) is 0. The molecule has 4 nitrogen and oxygen atoms in total. The fourth-order valence-corrected chi connectivity index (χ4v) is 0.706. The van der Waals surface area contributed by atoms with Gasteiger partial charge >= 0.3 is 0 Å². The van der Waals surface area contributed by atoms with Crippen LogP contribution in [0.5, 0.6) is 0 Å². The first-order chi connectivity index (χ1) is 6.52. The summed E-state index contributed by atoms with van der Waals surface area (Å²) in [4.78, 5) is 19.5. The molecule has 14 heavy (non-hydrogen) atoms. The van der Waals surface area contributed by atoms with Crippen LogP contribution < -0.4 is 11.5 Å². The van der Waals surface area contributed by atoms with Crippen LogP contribution in [-0.4, -0.2) is 11.8 Å². The fraction of sp³-hybridized carbons (Fsp3) is 0.200. The van der Waals surface area contributed by atoms with Crippen LogP contribution in [0.1, 0.15) is 12.0 Å². The minimum Gasteiger partial charge on any atom is -0.369 e. The molecule has 4 heteroatoms. The third-order valence-electron chi connectivity index (χ3n) is 1.29. The smallest absolute Gasteiger partial charge is 0.226 e. The van der Waals surface area contributed by atoms with Crippen molar-refractivity contribution < 1.29 is 9.59 Å². The molecule has 0 aromatic heterocycles. The number of carbonyl (C=O) groups is 2. The second kappa shape index (κ2) is 6.65. The monoisotopic (exact) mass is 194 g/mol. The third-order valence-corrected chi connectivity index (χ3v) is 1.29. The fourth-order valence-electron chi connectivity index (χ4n) is 0.706. The van der Waals surface area contributed by atoms with Crippen LogP contribution in [-0.2, 0) is 9.59 Å². The van der Waals surface area contributed by atoms with Gasteiger partial charge in [-0.05, 0) is 6.92 Å². The summed E-state index contributed by atoms with van der Waals surface area (Å²) in [6.07, 6.45) is -0.361. The van der Waals surface area contributed by atoms with Crippen LogP contribution in [0.3, 0.4) is 0 Å². The molecule has 1 aromatic carbocycles. The van der Waals surface area contributed by atoms with Gasteiger partial charge in [0.15, 0.2) is 0 Å². The SMILES string of the molecule is Cc1ccccc1.NC(=O)CC(N)=O. The average Bonchev–Trinajstić information content (AvgIpc) is 2.03. The molecule has 76 valence electrons. The predicted octanol–water partition coefficient (Wildman–Crippen LogP) is 0.342. The number of amides is 2. The Morgan fingerprint density at radius 1 is 1.07 bits per heavy atom. The molecule has 0 aliphatic carbocycles. The summed E-state index contributed by atoms with van der Waals surface area (Å²) >= 11 is 0. The number of benzene rings is 1. The zero-order valence-corrected chi connectivity index (χ0v) is 8.07. The van der Waals surface area contributed by atoms with Crippen molar-refractivity contribution in [1.82, 2.24) is 0 Å². The number of hydrogen-bond donors (Lipinski definition) is 2. The first-order valence-corrected chi connectivity index (χ1v) is 4.10. The van der Waals surface area contributed by atoms with Crippen LogP contribution >= 0.6 is 0 Å². The van der Waals surface area contributed by atoms with Crippen molar-refractivity contribution in [1.29, 1.82) is 0 Å². The molecule has 0 aliphatic rings. The van der Waals surface area contributed by atoms with E-state index >= 15 is 0 Å². The second-order valence-electron chi connectivity index (χ2n) is 2.76. The summed E-state index contributed by atoms with van der Waals surface area (Å²) in [5.41, 5.74) is 10.4. The first-order valence-electron chi connectivity index (χ1n) is 4.10. The average molecular weight is 194 g/mol. The number of carbonyl (C=O) groups excluding carboxylic acids is 2. The molecule has 0 spiro atoms.